The molecule has 7 heteroatoms. The predicted octanol–water partition coefficient (Wildman–Crippen LogP) is 0.891. The van der Waals surface area contributed by atoms with Crippen molar-refractivity contribution in [3.63, 3.8) is 0 Å². The summed E-state index contributed by atoms with van der Waals surface area (Å²) in [4.78, 5) is 21.7. The van der Waals surface area contributed by atoms with E-state index in [2.05, 4.69) is 20.8 Å². The Balaban J connectivity index is 2.44. The zero-order chi connectivity index (χ0) is 14.3. The summed E-state index contributed by atoms with van der Waals surface area (Å²) in [5.74, 6) is -0.508. The van der Waals surface area contributed by atoms with Gasteiger partial charge in [-0.2, -0.15) is 0 Å². The van der Waals surface area contributed by atoms with Gasteiger partial charge >= 0.3 is 5.97 Å². The van der Waals surface area contributed by atoms with E-state index < -0.39 is 5.97 Å². The number of amides is 1. The van der Waals surface area contributed by atoms with Crippen LogP contribution < -0.4 is 10.6 Å². The van der Waals surface area contributed by atoms with Crippen molar-refractivity contribution >= 4 is 17.7 Å². The third kappa shape index (κ3) is 5.33. The summed E-state index contributed by atoms with van der Waals surface area (Å²) in [6.45, 7) is 1.94. The molecule has 0 radical (unpaired) electrons. The topological polar surface area (TPSA) is 104 Å². The Morgan fingerprint density at radius 2 is 2.11 bits per heavy atom. The van der Waals surface area contributed by atoms with Crippen LogP contribution >= 0.6 is 0 Å². The highest BCUT2D eigenvalue weighted by atomic mass is 16.4. The van der Waals surface area contributed by atoms with E-state index in [1.54, 1.807) is 12.1 Å². The van der Waals surface area contributed by atoms with Crippen LogP contribution in [-0.2, 0) is 4.79 Å². The maximum absolute atomic E-state index is 11.3. The van der Waals surface area contributed by atoms with Gasteiger partial charge in [-0.25, -0.2) is 0 Å². The van der Waals surface area contributed by atoms with Gasteiger partial charge in [0.05, 0.1) is 0 Å². The summed E-state index contributed by atoms with van der Waals surface area (Å²) in [6.07, 6.45) is 1.49. The number of nitrogens with zero attached hydrogens (tertiary/aromatic N) is 2. The normalized spacial score (nSPS) is 11.7. The highest BCUT2D eigenvalue weighted by Gasteiger charge is 2.08. The number of carboxylic acids is 1. The molecule has 0 saturated carbocycles. The SMILES string of the molecule is CNC(=O)c1ccc(NC(C)CCCC(=O)O)nn1. The molecule has 1 amide bonds. The molecule has 0 bridgehead atoms. The fourth-order valence-electron chi connectivity index (χ4n) is 1.54. The molecule has 7 nitrogen and oxygen atoms in total. The van der Waals surface area contributed by atoms with Crippen molar-refractivity contribution in [1.29, 1.82) is 0 Å². The molecule has 0 aliphatic carbocycles. The molecule has 1 atom stereocenters. The van der Waals surface area contributed by atoms with Crippen molar-refractivity contribution in [3.8, 4) is 0 Å². The standard InChI is InChI=1S/C12H18N4O3/c1-8(4-3-5-11(17)18)14-10-7-6-9(15-16-10)12(19)13-2/h6-8H,3-5H2,1-2H3,(H,13,19)(H,14,16)(H,17,18). The Hall–Kier alpha value is -2.18. The van der Waals surface area contributed by atoms with E-state index in [0.717, 1.165) is 6.42 Å². The number of aliphatic carboxylic acids is 1. The highest BCUT2D eigenvalue weighted by molar-refractivity contribution is 5.91. The Labute approximate surface area is 111 Å². The van der Waals surface area contributed by atoms with Crippen LogP contribution in [0.25, 0.3) is 0 Å². The van der Waals surface area contributed by atoms with Gasteiger partial charge in [-0.1, -0.05) is 0 Å². The second kappa shape index (κ2) is 7.30. The number of carboxylic acid groups (broad SMARTS) is 1. The van der Waals surface area contributed by atoms with Crippen molar-refractivity contribution in [2.75, 3.05) is 12.4 Å². The second-order valence-electron chi connectivity index (χ2n) is 4.21. The van der Waals surface area contributed by atoms with Gasteiger partial charge < -0.3 is 15.7 Å². The molecule has 0 aliphatic heterocycles. The number of hydrogen-bond donors (Lipinski definition) is 3. The van der Waals surface area contributed by atoms with Crippen LogP contribution in [0, 0.1) is 0 Å². The molecule has 1 rings (SSSR count). The van der Waals surface area contributed by atoms with Gasteiger partial charge in [-0.3, -0.25) is 9.59 Å². The van der Waals surface area contributed by atoms with Crippen LogP contribution in [0.5, 0.6) is 0 Å². The smallest absolute Gasteiger partial charge is 0.303 e. The lowest BCUT2D eigenvalue weighted by Gasteiger charge is -2.13. The first-order chi connectivity index (χ1) is 9.02. The summed E-state index contributed by atoms with van der Waals surface area (Å²) in [5.41, 5.74) is 0.256. The lowest BCUT2D eigenvalue weighted by atomic mass is 10.1. The summed E-state index contributed by atoms with van der Waals surface area (Å²) in [7, 11) is 1.53. The highest BCUT2D eigenvalue weighted by Crippen LogP contribution is 2.08. The van der Waals surface area contributed by atoms with E-state index in [1.165, 1.54) is 7.05 Å². The zero-order valence-corrected chi connectivity index (χ0v) is 11.0. The average molecular weight is 266 g/mol. The molecule has 0 fully saturated rings. The molecule has 1 aromatic rings. The summed E-state index contributed by atoms with van der Waals surface area (Å²) >= 11 is 0. The molecule has 1 unspecified atom stereocenters. The Morgan fingerprint density at radius 1 is 1.37 bits per heavy atom. The lowest BCUT2D eigenvalue weighted by molar-refractivity contribution is -0.137. The summed E-state index contributed by atoms with van der Waals surface area (Å²) in [6, 6.07) is 3.35. The minimum atomic E-state index is -0.790. The van der Waals surface area contributed by atoms with Crippen LogP contribution in [0.1, 0.15) is 36.7 Å². The van der Waals surface area contributed by atoms with E-state index in [0.29, 0.717) is 12.2 Å². The van der Waals surface area contributed by atoms with Gasteiger partial charge in [0, 0.05) is 19.5 Å². The minimum absolute atomic E-state index is 0.0968. The second-order valence-corrected chi connectivity index (χ2v) is 4.21. The van der Waals surface area contributed by atoms with E-state index >= 15 is 0 Å². The number of anilines is 1. The fourth-order valence-corrected chi connectivity index (χ4v) is 1.54. The van der Waals surface area contributed by atoms with Gasteiger partial charge in [-0.05, 0) is 31.9 Å². The third-order valence-corrected chi connectivity index (χ3v) is 2.55. The first kappa shape index (κ1) is 14.9. The van der Waals surface area contributed by atoms with E-state index in [9.17, 15) is 9.59 Å². The van der Waals surface area contributed by atoms with Gasteiger partial charge in [0.1, 0.15) is 5.82 Å². The molecule has 0 spiro atoms. The monoisotopic (exact) mass is 266 g/mol. The number of hydrogen-bond acceptors (Lipinski definition) is 5. The van der Waals surface area contributed by atoms with Crippen molar-refractivity contribution in [2.24, 2.45) is 0 Å². The number of nitrogens with one attached hydrogen (secondary N) is 2. The number of rotatable bonds is 7. The van der Waals surface area contributed by atoms with Crippen molar-refractivity contribution in [3.05, 3.63) is 17.8 Å². The van der Waals surface area contributed by atoms with E-state index in [-0.39, 0.29) is 24.1 Å². The molecule has 0 aromatic carbocycles. The van der Waals surface area contributed by atoms with Crippen LogP contribution in [0.15, 0.2) is 12.1 Å². The van der Waals surface area contributed by atoms with Gasteiger partial charge in [0.25, 0.3) is 5.91 Å². The molecule has 104 valence electrons. The molecule has 3 N–H and O–H groups in total. The molecule has 1 aromatic heterocycles. The van der Waals surface area contributed by atoms with Gasteiger partial charge in [-0.15, -0.1) is 10.2 Å². The van der Waals surface area contributed by atoms with Crippen LogP contribution in [0.3, 0.4) is 0 Å². The first-order valence-electron chi connectivity index (χ1n) is 6.07. The summed E-state index contributed by atoms with van der Waals surface area (Å²) in [5, 5.41) is 21.8. The Morgan fingerprint density at radius 3 is 2.63 bits per heavy atom. The van der Waals surface area contributed by atoms with Gasteiger partial charge in [0.2, 0.25) is 0 Å². The molecule has 19 heavy (non-hydrogen) atoms. The van der Waals surface area contributed by atoms with Gasteiger partial charge in [0.15, 0.2) is 5.69 Å². The number of aromatic nitrogens is 2. The van der Waals surface area contributed by atoms with E-state index in [1.807, 2.05) is 6.92 Å². The lowest BCUT2D eigenvalue weighted by Crippen LogP contribution is -2.21. The van der Waals surface area contributed by atoms with Crippen molar-refractivity contribution < 1.29 is 14.7 Å². The summed E-state index contributed by atoms with van der Waals surface area (Å²) < 4.78 is 0. The molecule has 1 heterocycles. The predicted molar refractivity (Wildman–Crippen MR) is 70.0 cm³/mol. The quantitative estimate of drug-likeness (QED) is 0.677. The van der Waals surface area contributed by atoms with Crippen molar-refractivity contribution in [1.82, 2.24) is 15.5 Å². The van der Waals surface area contributed by atoms with E-state index in [4.69, 9.17) is 5.11 Å². The maximum Gasteiger partial charge on any atom is 0.303 e. The number of carbonyl (C=O) groups excluding carboxylic acids is 1. The van der Waals surface area contributed by atoms with Crippen LogP contribution in [-0.4, -0.2) is 40.3 Å². The maximum atomic E-state index is 11.3. The Bertz CT molecular complexity index is 433. The zero-order valence-electron chi connectivity index (χ0n) is 11.0. The fraction of sp³-hybridized carbons (Fsp3) is 0.500. The first-order valence-corrected chi connectivity index (χ1v) is 6.07. The van der Waals surface area contributed by atoms with Crippen LogP contribution in [0.4, 0.5) is 5.82 Å². The molecule has 0 aliphatic rings. The van der Waals surface area contributed by atoms with Crippen molar-refractivity contribution in [2.45, 2.75) is 32.2 Å². The molecular weight excluding hydrogens is 248 g/mol. The van der Waals surface area contributed by atoms with Crippen LogP contribution in [0.2, 0.25) is 0 Å². The third-order valence-electron chi connectivity index (χ3n) is 2.55. The molecular formula is C12H18N4O3. The largest absolute Gasteiger partial charge is 0.481 e. The Kier molecular flexibility index (Phi) is 5.72. The minimum Gasteiger partial charge on any atom is -0.481 e. The average Bonchev–Trinajstić information content (AvgIpc) is 2.38. The number of carbonyl (C=O) groups is 2. The molecule has 0 saturated heterocycles.